The van der Waals surface area contributed by atoms with Crippen LogP contribution in [0.1, 0.15) is 30.1 Å². The van der Waals surface area contributed by atoms with Crippen molar-refractivity contribution < 1.29 is 4.79 Å². The molecule has 7 nitrogen and oxygen atoms in total. The second kappa shape index (κ2) is 8.63. The van der Waals surface area contributed by atoms with Crippen LogP contribution in [0.5, 0.6) is 0 Å². The Labute approximate surface area is 189 Å². The van der Waals surface area contributed by atoms with E-state index in [0.717, 1.165) is 42.2 Å². The maximum Gasteiger partial charge on any atom is 0.261 e. The SMILES string of the molecule is NC(=O)Cn1c(CSc2nc3c(n2-c2ccccc2)CCCC3)nc2ccccc2c1=O. The van der Waals surface area contributed by atoms with Crippen molar-refractivity contribution in [2.45, 2.75) is 43.1 Å². The van der Waals surface area contributed by atoms with Gasteiger partial charge in [0.1, 0.15) is 12.4 Å². The number of fused-ring (bicyclic) bond motifs is 2. The minimum atomic E-state index is -0.573. The van der Waals surface area contributed by atoms with Crippen molar-refractivity contribution in [1.29, 1.82) is 0 Å². The average Bonchev–Trinajstić information content (AvgIpc) is 3.18. The third-order valence-electron chi connectivity index (χ3n) is 5.70. The molecular weight excluding hydrogens is 422 g/mol. The van der Waals surface area contributed by atoms with Gasteiger partial charge in [-0.15, -0.1) is 0 Å². The van der Waals surface area contributed by atoms with E-state index in [1.54, 1.807) is 12.1 Å². The van der Waals surface area contributed by atoms with Gasteiger partial charge in [0.05, 0.1) is 22.3 Å². The van der Waals surface area contributed by atoms with Crippen LogP contribution >= 0.6 is 11.8 Å². The van der Waals surface area contributed by atoms with Gasteiger partial charge in [-0.25, -0.2) is 9.97 Å². The number of hydrogen-bond donors (Lipinski definition) is 1. The standard InChI is InChI=1S/C24H23N5O2S/c25-21(30)14-28-22(26-18-11-5-4-10-17(18)23(28)31)15-32-24-27-19-12-6-7-13-20(19)29(24)16-8-2-1-3-9-16/h1-5,8-11H,6-7,12-15H2,(H2,25,30). The van der Waals surface area contributed by atoms with E-state index in [4.69, 9.17) is 10.7 Å². The van der Waals surface area contributed by atoms with Gasteiger partial charge in [-0.05, 0) is 49.9 Å². The predicted octanol–water partition coefficient (Wildman–Crippen LogP) is 3.24. The summed E-state index contributed by atoms with van der Waals surface area (Å²) >= 11 is 1.52. The highest BCUT2D eigenvalue weighted by Gasteiger charge is 2.22. The maximum absolute atomic E-state index is 13.0. The van der Waals surface area contributed by atoms with E-state index in [9.17, 15) is 9.59 Å². The van der Waals surface area contributed by atoms with Gasteiger partial charge in [0, 0.05) is 11.4 Å². The highest BCUT2D eigenvalue weighted by molar-refractivity contribution is 7.98. The van der Waals surface area contributed by atoms with Crippen LogP contribution in [0.15, 0.2) is 64.5 Å². The first kappa shape index (κ1) is 20.5. The molecule has 32 heavy (non-hydrogen) atoms. The van der Waals surface area contributed by atoms with Gasteiger partial charge in [0.2, 0.25) is 5.91 Å². The Bertz CT molecular complexity index is 1360. The number of primary amides is 1. The molecule has 2 aromatic heterocycles. The highest BCUT2D eigenvalue weighted by atomic mass is 32.2. The molecule has 0 saturated carbocycles. The van der Waals surface area contributed by atoms with E-state index in [1.165, 1.54) is 22.0 Å². The van der Waals surface area contributed by atoms with E-state index >= 15 is 0 Å². The Morgan fingerprint density at radius 1 is 1.00 bits per heavy atom. The summed E-state index contributed by atoms with van der Waals surface area (Å²) in [6.07, 6.45) is 4.27. The molecule has 0 bridgehead atoms. The lowest BCUT2D eigenvalue weighted by Crippen LogP contribution is -2.31. The van der Waals surface area contributed by atoms with Gasteiger partial charge in [0.15, 0.2) is 5.16 Å². The number of para-hydroxylation sites is 2. The second-order valence-corrected chi connectivity index (χ2v) is 8.80. The van der Waals surface area contributed by atoms with Crippen molar-refractivity contribution in [3.8, 4) is 5.69 Å². The molecule has 0 atom stereocenters. The van der Waals surface area contributed by atoms with Crippen LogP contribution in [0.25, 0.3) is 16.6 Å². The summed E-state index contributed by atoms with van der Waals surface area (Å²) in [7, 11) is 0. The van der Waals surface area contributed by atoms with Crippen molar-refractivity contribution in [2.75, 3.05) is 0 Å². The van der Waals surface area contributed by atoms with Crippen LogP contribution in [0, 0.1) is 0 Å². The monoisotopic (exact) mass is 445 g/mol. The molecule has 0 spiro atoms. The number of aromatic nitrogens is 4. The quantitative estimate of drug-likeness (QED) is 0.460. The minimum Gasteiger partial charge on any atom is -0.368 e. The lowest BCUT2D eigenvalue weighted by atomic mass is 10.0. The highest BCUT2D eigenvalue weighted by Crippen LogP contribution is 2.32. The Morgan fingerprint density at radius 3 is 2.56 bits per heavy atom. The van der Waals surface area contributed by atoms with Gasteiger partial charge >= 0.3 is 0 Å². The first-order chi connectivity index (χ1) is 15.6. The molecule has 0 radical (unpaired) electrons. The molecule has 1 aliphatic rings. The topological polar surface area (TPSA) is 95.8 Å². The lowest BCUT2D eigenvalue weighted by Gasteiger charge is -2.15. The molecule has 0 saturated heterocycles. The molecule has 1 amide bonds. The van der Waals surface area contributed by atoms with Gasteiger partial charge in [0.25, 0.3) is 5.56 Å². The van der Waals surface area contributed by atoms with Crippen LogP contribution in [-0.4, -0.2) is 25.0 Å². The fraction of sp³-hybridized carbons (Fsp3) is 0.250. The molecule has 4 aromatic rings. The third kappa shape index (κ3) is 3.82. The molecule has 2 N–H and O–H groups in total. The molecule has 0 fully saturated rings. The van der Waals surface area contributed by atoms with Gasteiger partial charge in [-0.1, -0.05) is 42.1 Å². The Balaban J connectivity index is 1.56. The Hall–Kier alpha value is -3.39. The normalized spacial score (nSPS) is 13.2. The number of imidazole rings is 1. The van der Waals surface area contributed by atoms with Crippen LogP contribution in [-0.2, 0) is 29.9 Å². The van der Waals surface area contributed by atoms with Crippen molar-refractivity contribution in [3.63, 3.8) is 0 Å². The number of rotatable bonds is 6. The van der Waals surface area contributed by atoms with Crippen LogP contribution < -0.4 is 11.3 Å². The first-order valence-corrected chi connectivity index (χ1v) is 11.7. The number of aryl methyl sites for hydroxylation is 1. The second-order valence-electron chi connectivity index (χ2n) is 7.86. The number of benzene rings is 2. The number of nitrogens with zero attached hydrogens (tertiary/aromatic N) is 4. The van der Waals surface area contributed by atoms with Crippen molar-refractivity contribution in [3.05, 3.63) is 82.2 Å². The molecule has 2 heterocycles. The summed E-state index contributed by atoms with van der Waals surface area (Å²) in [5, 5.41) is 1.35. The van der Waals surface area contributed by atoms with E-state index < -0.39 is 5.91 Å². The average molecular weight is 446 g/mol. The molecule has 0 aliphatic heterocycles. The van der Waals surface area contributed by atoms with E-state index in [0.29, 0.717) is 22.5 Å². The first-order valence-electron chi connectivity index (χ1n) is 10.7. The Kier molecular flexibility index (Phi) is 5.53. The summed E-state index contributed by atoms with van der Waals surface area (Å²) in [4.78, 5) is 34.3. The predicted molar refractivity (Wildman–Crippen MR) is 125 cm³/mol. The number of amides is 1. The summed E-state index contributed by atoms with van der Waals surface area (Å²) in [6, 6.07) is 17.4. The minimum absolute atomic E-state index is 0.198. The zero-order chi connectivity index (χ0) is 22.1. The summed E-state index contributed by atoms with van der Waals surface area (Å²) in [5.74, 6) is 0.338. The zero-order valence-corrected chi connectivity index (χ0v) is 18.3. The molecule has 8 heteroatoms. The zero-order valence-electron chi connectivity index (χ0n) is 17.5. The van der Waals surface area contributed by atoms with Gasteiger partial charge in [-0.2, -0.15) is 0 Å². The van der Waals surface area contributed by atoms with Crippen LogP contribution in [0.2, 0.25) is 0 Å². The third-order valence-corrected chi connectivity index (χ3v) is 6.64. The Morgan fingerprint density at radius 2 is 1.75 bits per heavy atom. The lowest BCUT2D eigenvalue weighted by molar-refractivity contribution is -0.118. The smallest absolute Gasteiger partial charge is 0.261 e. The number of thioether (sulfide) groups is 1. The number of hydrogen-bond acceptors (Lipinski definition) is 5. The fourth-order valence-electron chi connectivity index (χ4n) is 4.23. The molecule has 0 unspecified atom stereocenters. The van der Waals surface area contributed by atoms with Crippen molar-refractivity contribution in [1.82, 2.24) is 19.1 Å². The van der Waals surface area contributed by atoms with Crippen LogP contribution in [0.3, 0.4) is 0 Å². The number of nitrogens with two attached hydrogens (primary N) is 1. The number of carbonyl (C=O) groups excluding carboxylic acids is 1. The van der Waals surface area contributed by atoms with Crippen molar-refractivity contribution >= 4 is 28.6 Å². The summed E-state index contributed by atoms with van der Waals surface area (Å²) < 4.78 is 3.60. The molecule has 5 rings (SSSR count). The summed E-state index contributed by atoms with van der Waals surface area (Å²) in [5.41, 5.74) is 9.26. The molecule has 162 valence electrons. The van der Waals surface area contributed by atoms with E-state index in [1.807, 2.05) is 30.3 Å². The van der Waals surface area contributed by atoms with E-state index in [2.05, 4.69) is 21.7 Å². The van der Waals surface area contributed by atoms with Crippen molar-refractivity contribution in [2.24, 2.45) is 5.73 Å². The molecular formula is C24H23N5O2S. The molecule has 2 aromatic carbocycles. The summed E-state index contributed by atoms with van der Waals surface area (Å²) in [6.45, 7) is -0.198. The van der Waals surface area contributed by atoms with Gasteiger partial charge < -0.3 is 5.73 Å². The fourth-order valence-corrected chi connectivity index (χ4v) is 5.23. The largest absolute Gasteiger partial charge is 0.368 e. The maximum atomic E-state index is 13.0. The number of carbonyl (C=O) groups is 1. The van der Waals surface area contributed by atoms with E-state index in [-0.39, 0.29) is 12.1 Å². The van der Waals surface area contributed by atoms with Crippen LogP contribution in [0.4, 0.5) is 0 Å². The van der Waals surface area contributed by atoms with Gasteiger partial charge in [-0.3, -0.25) is 18.7 Å². The molecule has 1 aliphatic carbocycles.